The van der Waals surface area contributed by atoms with Crippen LogP contribution in [0.15, 0.2) is 106 Å². The number of carbonyl (C=O) groups is 1. The molecule has 1 fully saturated rings. The van der Waals surface area contributed by atoms with E-state index in [0.29, 0.717) is 140 Å². The van der Waals surface area contributed by atoms with Crippen molar-refractivity contribution in [2.75, 3.05) is 40.3 Å². The van der Waals surface area contributed by atoms with Crippen molar-refractivity contribution in [2.45, 2.75) is 206 Å². The van der Waals surface area contributed by atoms with Gasteiger partial charge in [0.05, 0.1) is 91.5 Å². The van der Waals surface area contributed by atoms with Crippen LogP contribution in [0.5, 0.6) is 0 Å². The lowest BCUT2D eigenvalue weighted by molar-refractivity contribution is -0.137. The predicted octanol–water partition coefficient (Wildman–Crippen LogP) is 24.2. The maximum absolute atomic E-state index is 13.1. The Bertz CT molecular complexity index is 6200. The number of H-pyrrole nitrogens is 5. The summed E-state index contributed by atoms with van der Waals surface area (Å²) in [5.41, 5.74) is 10.4. The number of fused-ring (bicyclic) bond motifs is 7. The van der Waals surface area contributed by atoms with Crippen LogP contribution in [0, 0.1) is 72.1 Å². The highest BCUT2D eigenvalue weighted by atomic mass is 19.4. The molecule has 0 spiro atoms. The van der Waals surface area contributed by atoms with Crippen molar-refractivity contribution in [1.82, 2.24) is 71.1 Å². The first-order valence-electron chi connectivity index (χ1n) is 41.6. The number of imidazole rings is 5. The Morgan fingerprint density at radius 2 is 0.868 bits per heavy atom. The van der Waals surface area contributed by atoms with Crippen LogP contribution in [-0.4, -0.2) is 113 Å². The van der Waals surface area contributed by atoms with E-state index in [4.69, 9.17) is 0 Å². The molecule has 0 saturated carbocycles. The van der Waals surface area contributed by atoms with E-state index in [0.717, 1.165) is 79.2 Å². The fourth-order valence-electron chi connectivity index (χ4n) is 15.0. The Hall–Kier alpha value is -11.3. The van der Waals surface area contributed by atoms with Gasteiger partial charge >= 0.3 is 37.1 Å². The van der Waals surface area contributed by atoms with Crippen LogP contribution >= 0.6 is 0 Å². The molecule has 0 bridgehead atoms. The molecule has 1 unspecified atom stereocenters. The van der Waals surface area contributed by atoms with Gasteiger partial charge in [0.1, 0.15) is 56.7 Å². The smallest absolute Gasteiger partial charge is 0.348 e. The lowest BCUT2D eigenvalue weighted by Crippen LogP contribution is -2.34. The van der Waals surface area contributed by atoms with Crippen LogP contribution in [0.4, 0.5) is 90.4 Å². The lowest BCUT2D eigenvalue weighted by atomic mass is 9.92. The SMILES string of the molecule is CC1=NCC(c2nc3c(C(F)(F)F)cc(C)cc3[nH]2)=C1.CCC1=Nc2cc(C)c(C)cc2C1.CNCC1=Nc2c(cc(C)cc2C(F)(F)F)C1.CNCCc1nc2c(C(F)(F)F)cc(C)cc2[nH]1.Cc1cc(C(F)(F)F)c2nc(C3C[C@@H](C)CN3)[nH]c2c1.Cc1cc(C(F)(F)F)c2nc(CC(C)(C)C)[nH]c2c1.Cc1cc(C(F)(F)F)c2nc(CNC(=O)C(C)(C)C)[nH]c2c1. The van der Waals surface area contributed by atoms with Crippen molar-refractivity contribution in [2.24, 2.45) is 31.7 Å². The molecular formula is C93H105F18N17O. The molecule has 694 valence electrons. The van der Waals surface area contributed by atoms with Crippen LogP contribution < -0.4 is 21.3 Å². The summed E-state index contributed by atoms with van der Waals surface area (Å²) < 4.78 is 234. The summed E-state index contributed by atoms with van der Waals surface area (Å²) in [4.78, 5) is 59.9. The quantitative estimate of drug-likeness (QED) is 0.0558. The van der Waals surface area contributed by atoms with Crippen LogP contribution in [0.3, 0.4) is 0 Å². The second kappa shape index (κ2) is 39.2. The van der Waals surface area contributed by atoms with Crippen LogP contribution in [0.2, 0.25) is 0 Å². The van der Waals surface area contributed by atoms with E-state index in [-0.39, 0.29) is 57.2 Å². The molecule has 9 N–H and O–H groups in total. The number of halogens is 18. The fourth-order valence-corrected chi connectivity index (χ4v) is 15.0. The number of hydrogen-bond acceptors (Lipinski definition) is 12. The maximum Gasteiger partial charge on any atom is 0.418 e. The van der Waals surface area contributed by atoms with Crippen molar-refractivity contribution in [1.29, 1.82) is 0 Å². The molecule has 0 radical (unpaired) electrons. The number of likely N-dealkylation sites (N-methyl/N-ethyl adjacent to an activating group) is 1. The van der Waals surface area contributed by atoms with Crippen molar-refractivity contribution in [3.05, 3.63) is 209 Å². The molecule has 18 nitrogen and oxygen atoms in total. The zero-order valence-corrected chi connectivity index (χ0v) is 74.9. The van der Waals surface area contributed by atoms with Crippen LogP contribution in [0.25, 0.3) is 60.7 Å². The van der Waals surface area contributed by atoms with Gasteiger partial charge in [-0.2, -0.15) is 79.0 Å². The Morgan fingerprint density at radius 3 is 1.30 bits per heavy atom. The summed E-state index contributed by atoms with van der Waals surface area (Å²) in [6.45, 7) is 34.2. The number of aryl methyl sites for hydroxylation is 8. The minimum atomic E-state index is -4.47. The number of hydrogen-bond donors (Lipinski definition) is 9. The van der Waals surface area contributed by atoms with Crippen molar-refractivity contribution in [3.8, 4) is 0 Å². The van der Waals surface area contributed by atoms with E-state index in [1.54, 1.807) is 113 Å². The average molecular weight is 1820 g/mol. The number of allylic oxidation sites excluding steroid dienone is 1. The predicted molar refractivity (Wildman–Crippen MR) is 470 cm³/mol. The molecule has 9 heterocycles. The Labute approximate surface area is 733 Å². The standard InChI is InChI=1S/C15H18F3N3O.C14H12F3N3.C14H16F3N3.C14H17F3N2.C12H14F3N3.C12H13F3N2.C12H15N/c1-8-5-9(15(16,17)18)12-10(6-8)20-11(21-12)7-19-13(22)14(2,3)4;1-7-3-10(14(15,16)17)12-11(4-7)19-13(20-12)9-5-8(2)18-6-9;1-7-3-9(14(15,16)17)12-10(4-7)19-13(20-12)11-5-8(2)6-18-11;1-8-5-9(14(15,16)17)12-10(6-8)18-11(19-12)7-13(2,3)4;1-7-5-8(12(13,14)15)11-9(6-7)17-10(18-11)3-4-16-2;1-7-3-8-5-9(6-16-2)17-11(8)10(4-7)12(13,14)15;1-4-11-7-10-5-8(2)9(3)6-12(10)13-11/h5-6H,7H2,1-4H3,(H,19,22)(H,20,21);3-5H,6H2,1-2H3,(H,19,20);3-4,8,11,18H,5-6H2,1-2H3,(H,19,20);5-6H,7H2,1-4H3,(H,18,19);5-6,16H,3-4H2,1-2H3,(H,17,18);3-4,16H,5-6H2,1-2H3;5-6H,4,7H2,1-3H3/t;;8-,11?;;;;/m..1..../s1. The minimum absolute atomic E-state index is 0.000738. The molecule has 1 amide bonds. The van der Waals surface area contributed by atoms with Gasteiger partial charge < -0.3 is 46.2 Å². The third kappa shape index (κ3) is 25.9. The van der Waals surface area contributed by atoms with Gasteiger partial charge in [0.2, 0.25) is 5.91 Å². The molecule has 1 saturated heterocycles. The number of amides is 1. The Balaban J connectivity index is 0.000000157. The first-order chi connectivity index (χ1) is 59.8. The summed E-state index contributed by atoms with van der Waals surface area (Å²) >= 11 is 0. The largest absolute Gasteiger partial charge is 0.418 e. The normalized spacial score (nSPS) is 15.3. The van der Waals surface area contributed by atoms with Crippen molar-refractivity contribution < 1.29 is 83.8 Å². The number of carbonyl (C=O) groups excluding carboxylic acids is 1. The third-order valence-electron chi connectivity index (χ3n) is 21.1. The van der Waals surface area contributed by atoms with Gasteiger partial charge in [0.25, 0.3) is 0 Å². The zero-order valence-electron chi connectivity index (χ0n) is 74.9. The average Bonchev–Trinajstić information content (AvgIpc) is 1.67. The summed E-state index contributed by atoms with van der Waals surface area (Å²) in [6, 6.07) is 21.4. The van der Waals surface area contributed by atoms with Gasteiger partial charge in [-0.25, -0.2) is 24.9 Å². The number of nitrogens with one attached hydrogen (secondary N) is 9. The number of nitrogens with zero attached hydrogens (tertiary/aromatic N) is 8. The third-order valence-corrected chi connectivity index (χ3v) is 21.1. The molecule has 0 aliphatic carbocycles. The maximum atomic E-state index is 13.1. The van der Waals surface area contributed by atoms with Gasteiger partial charge in [-0.05, 0) is 236 Å². The summed E-state index contributed by atoms with van der Waals surface area (Å²) in [6.07, 6.45) is -19.8. The highest BCUT2D eigenvalue weighted by Gasteiger charge is 2.41. The van der Waals surface area contributed by atoms with Gasteiger partial charge in [0.15, 0.2) is 0 Å². The van der Waals surface area contributed by atoms with Gasteiger partial charge in [0, 0.05) is 66.9 Å². The molecule has 16 rings (SSSR count). The van der Waals surface area contributed by atoms with Crippen LogP contribution in [-0.2, 0) is 74.1 Å². The Morgan fingerprint density at radius 1 is 0.450 bits per heavy atom. The molecule has 129 heavy (non-hydrogen) atoms. The summed E-state index contributed by atoms with van der Waals surface area (Å²) in [5, 5.41) is 11.8. The highest BCUT2D eigenvalue weighted by Crippen LogP contribution is 2.45. The number of rotatable bonds is 11. The molecule has 2 atom stereocenters. The summed E-state index contributed by atoms with van der Waals surface area (Å²) in [5.74, 6) is 2.83. The lowest BCUT2D eigenvalue weighted by Gasteiger charge is -2.16. The Kier molecular flexibility index (Phi) is 30.3. The van der Waals surface area contributed by atoms with E-state index in [9.17, 15) is 83.8 Å². The topological polar surface area (TPSA) is 246 Å². The second-order valence-electron chi connectivity index (χ2n) is 35.2. The minimum Gasteiger partial charge on any atom is -0.348 e. The van der Waals surface area contributed by atoms with Crippen LogP contribution in [0.1, 0.15) is 199 Å². The highest BCUT2D eigenvalue weighted by molar-refractivity contribution is 6.03. The van der Waals surface area contributed by atoms with Gasteiger partial charge in [-0.3, -0.25) is 19.8 Å². The van der Waals surface area contributed by atoms with Crippen molar-refractivity contribution >= 4 is 95.2 Å². The van der Waals surface area contributed by atoms with E-state index in [2.05, 4.69) is 126 Å². The molecule has 4 aliphatic heterocycles. The number of benzene rings is 7. The second-order valence-corrected chi connectivity index (χ2v) is 35.2. The first-order valence-corrected chi connectivity index (χ1v) is 41.6. The molecule has 7 aromatic carbocycles. The number of aromatic amines is 5. The molecular weight excluding hydrogens is 1710 g/mol. The number of aliphatic imine (C=N–C) groups is 3. The summed E-state index contributed by atoms with van der Waals surface area (Å²) in [7, 11) is 3.54. The zero-order chi connectivity index (χ0) is 95.5. The molecule has 12 aromatic rings. The fraction of sp³-hybridized carbons (Fsp3) is 0.430. The van der Waals surface area contributed by atoms with E-state index in [1.807, 2.05) is 33.8 Å². The van der Waals surface area contributed by atoms with Crippen molar-refractivity contribution in [3.63, 3.8) is 0 Å². The number of alkyl halides is 18. The monoisotopic (exact) mass is 1820 g/mol. The molecule has 5 aromatic heterocycles. The molecule has 36 heteroatoms. The van der Waals surface area contributed by atoms with E-state index >= 15 is 0 Å². The van der Waals surface area contributed by atoms with E-state index in [1.165, 1.54) is 28.1 Å². The van der Waals surface area contributed by atoms with Gasteiger partial charge in [-0.15, -0.1) is 0 Å². The van der Waals surface area contributed by atoms with Gasteiger partial charge in [-0.1, -0.05) is 73.1 Å². The first kappa shape index (κ1) is 99.9. The number of aromatic nitrogens is 10. The van der Waals surface area contributed by atoms with E-state index < -0.39 is 75.9 Å². The molecule has 4 aliphatic rings.